The summed E-state index contributed by atoms with van der Waals surface area (Å²) in [6.07, 6.45) is 5.02. The Labute approximate surface area is 89.0 Å². The summed E-state index contributed by atoms with van der Waals surface area (Å²) in [4.78, 5) is 11.8. The fourth-order valence-corrected chi connectivity index (χ4v) is 2.20. The van der Waals surface area contributed by atoms with Crippen LogP contribution in [-0.2, 0) is 0 Å². The molecule has 15 heavy (non-hydrogen) atoms. The maximum absolute atomic E-state index is 9.15. The summed E-state index contributed by atoms with van der Waals surface area (Å²) in [5.74, 6) is 1.60. The van der Waals surface area contributed by atoms with E-state index in [0.29, 0.717) is 23.8 Å². The fraction of sp³-hybridized carbons (Fsp3) is 0.700. The molecule has 0 aromatic carbocycles. The Morgan fingerprint density at radius 1 is 1.40 bits per heavy atom. The quantitative estimate of drug-likeness (QED) is 0.764. The Balaban J connectivity index is 1.92. The first-order chi connectivity index (χ1) is 7.29. The van der Waals surface area contributed by atoms with Gasteiger partial charge in [0.15, 0.2) is 0 Å². The topological polar surface area (TPSA) is 70.9 Å². The molecule has 5 heteroatoms. The predicted octanol–water partition coefficient (Wildman–Crippen LogP) is 0.690. The number of rotatable bonds is 3. The lowest BCUT2D eigenvalue weighted by molar-refractivity contribution is 0.201. The molecular formula is C10H16N4O. The van der Waals surface area contributed by atoms with Crippen molar-refractivity contribution < 1.29 is 5.11 Å². The highest BCUT2D eigenvalue weighted by Crippen LogP contribution is 2.32. The molecule has 1 aromatic rings. The molecule has 82 valence electrons. The number of aliphatic hydroxyl groups is 1. The SMILES string of the molecule is C[C@H]1C[C@H](Nc2ncncn2)C[C@@H]1CO. The number of nitrogens with zero attached hydrogens (tertiary/aromatic N) is 3. The van der Waals surface area contributed by atoms with E-state index in [1.54, 1.807) is 0 Å². The predicted molar refractivity (Wildman–Crippen MR) is 56.2 cm³/mol. The van der Waals surface area contributed by atoms with Crippen molar-refractivity contribution in [3.8, 4) is 0 Å². The van der Waals surface area contributed by atoms with Crippen molar-refractivity contribution in [2.24, 2.45) is 11.8 Å². The minimum absolute atomic E-state index is 0.274. The van der Waals surface area contributed by atoms with Crippen LogP contribution in [0.4, 0.5) is 5.95 Å². The van der Waals surface area contributed by atoms with Crippen LogP contribution in [0.5, 0.6) is 0 Å². The van der Waals surface area contributed by atoms with Crippen molar-refractivity contribution in [1.29, 1.82) is 0 Å². The molecule has 5 nitrogen and oxygen atoms in total. The number of aromatic nitrogens is 3. The van der Waals surface area contributed by atoms with E-state index >= 15 is 0 Å². The van der Waals surface area contributed by atoms with Crippen molar-refractivity contribution >= 4 is 5.95 Å². The molecule has 1 heterocycles. The summed E-state index contributed by atoms with van der Waals surface area (Å²) in [6.45, 7) is 2.45. The summed E-state index contributed by atoms with van der Waals surface area (Å²) in [6, 6.07) is 0.375. The minimum atomic E-state index is 0.274. The van der Waals surface area contributed by atoms with Gasteiger partial charge in [-0.25, -0.2) is 15.0 Å². The zero-order valence-corrected chi connectivity index (χ0v) is 8.80. The van der Waals surface area contributed by atoms with E-state index in [2.05, 4.69) is 27.2 Å². The monoisotopic (exact) mass is 208 g/mol. The van der Waals surface area contributed by atoms with E-state index in [1.807, 2.05) is 0 Å². The van der Waals surface area contributed by atoms with Crippen LogP contribution >= 0.6 is 0 Å². The van der Waals surface area contributed by atoms with Gasteiger partial charge in [-0.1, -0.05) is 6.92 Å². The van der Waals surface area contributed by atoms with Crippen molar-refractivity contribution in [1.82, 2.24) is 15.0 Å². The van der Waals surface area contributed by atoms with Gasteiger partial charge in [-0.3, -0.25) is 0 Å². The highest BCUT2D eigenvalue weighted by molar-refractivity contribution is 5.23. The van der Waals surface area contributed by atoms with Crippen molar-refractivity contribution in [2.75, 3.05) is 11.9 Å². The van der Waals surface area contributed by atoms with Crippen LogP contribution in [0.1, 0.15) is 19.8 Å². The van der Waals surface area contributed by atoms with Crippen molar-refractivity contribution in [3.63, 3.8) is 0 Å². The van der Waals surface area contributed by atoms with Gasteiger partial charge in [0, 0.05) is 12.6 Å². The highest BCUT2D eigenvalue weighted by atomic mass is 16.3. The normalized spacial score (nSPS) is 30.4. The number of nitrogens with one attached hydrogen (secondary N) is 1. The van der Waals surface area contributed by atoms with Gasteiger partial charge in [0.25, 0.3) is 0 Å². The van der Waals surface area contributed by atoms with E-state index in [0.717, 1.165) is 12.8 Å². The molecule has 0 amide bonds. The van der Waals surface area contributed by atoms with Crippen LogP contribution in [0.25, 0.3) is 0 Å². The van der Waals surface area contributed by atoms with Crippen LogP contribution in [0, 0.1) is 11.8 Å². The number of hydrogen-bond donors (Lipinski definition) is 2. The first-order valence-electron chi connectivity index (χ1n) is 5.29. The summed E-state index contributed by atoms with van der Waals surface area (Å²) in [5.41, 5.74) is 0. The summed E-state index contributed by atoms with van der Waals surface area (Å²) >= 11 is 0. The lowest BCUT2D eigenvalue weighted by Crippen LogP contribution is -2.18. The van der Waals surface area contributed by atoms with Gasteiger partial charge in [0.05, 0.1) is 0 Å². The lowest BCUT2D eigenvalue weighted by Gasteiger charge is -2.11. The molecule has 3 atom stereocenters. The molecule has 1 fully saturated rings. The third kappa shape index (κ3) is 2.41. The van der Waals surface area contributed by atoms with E-state index in [-0.39, 0.29) is 6.61 Å². The summed E-state index contributed by atoms with van der Waals surface area (Å²) in [5, 5.41) is 12.4. The summed E-state index contributed by atoms with van der Waals surface area (Å²) < 4.78 is 0. The smallest absolute Gasteiger partial charge is 0.225 e. The molecule has 0 aliphatic heterocycles. The first kappa shape index (κ1) is 10.3. The van der Waals surface area contributed by atoms with E-state index < -0.39 is 0 Å². The molecule has 2 rings (SSSR count). The Bertz CT molecular complexity index is 306. The minimum Gasteiger partial charge on any atom is -0.396 e. The lowest BCUT2D eigenvalue weighted by atomic mass is 10.00. The standard InChI is InChI=1S/C10H16N4O/c1-7-2-9(3-8(7)4-15)14-10-12-5-11-6-13-10/h5-9,15H,2-4H2,1H3,(H,11,12,13,14)/t7-,8+,9-/m0/s1. The van der Waals surface area contributed by atoms with Crippen molar-refractivity contribution in [2.45, 2.75) is 25.8 Å². The fourth-order valence-electron chi connectivity index (χ4n) is 2.20. The van der Waals surface area contributed by atoms with Crippen LogP contribution in [0.15, 0.2) is 12.7 Å². The molecular weight excluding hydrogens is 192 g/mol. The van der Waals surface area contributed by atoms with Crippen LogP contribution in [0.3, 0.4) is 0 Å². The van der Waals surface area contributed by atoms with E-state index in [1.165, 1.54) is 12.7 Å². The third-order valence-electron chi connectivity index (χ3n) is 3.11. The second kappa shape index (κ2) is 4.53. The molecule has 1 saturated carbocycles. The Kier molecular flexibility index (Phi) is 3.11. The molecule has 0 saturated heterocycles. The van der Waals surface area contributed by atoms with Crippen molar-refractivity contribution in [3.05, 3.63) is 12.7 Å². The molecule has 1 aliphatic rings. The van der Waals surface area contributed by atoms with Gasteiger partial charge in [0.2, 0.25) is 5.95 Å². The Hall–Kier alpha value is -1.23. The highest BCUT2D eigenvalue weighted by Gasteiger charge is 2.30. The average Bonchev–Trinajstić information content (AvgIpc) is 2.60. The van der Waals surface area contributed by atoms with Gasteiger partial charge in [-0.15, -0.1) is 0 Å². The number of anilines is 1. The van der Waals surface area contributed by atoms with Crippen LogP contribution in [-0.4, -0.2) is 32.7 Å². The van der Waals surface area contributed by atoms with Crippen LogP contribution < -0.4 is 5.32 Å². The maximum Gasteiger partial charge on any atom is 0.225 e. The van der Waals surface area contributed by atoms with E-state index in [4.69, 9.17) is 5.11 Å². The second-order valence-electron chi connectivity index (χ2n) is 4.19. The molecule has 2 N–H and O–H groups in total. The first-order valence-corrected chi connectivity index (χ1v) is 5.29. The molecule has 0 spiro atoms. The maximum atomic E-state index is 9.15. The zero-order chi connectivity index (χ0) is 10.7. The van der Waals surface area contributed by atoms with Gasteiger partial charge in [-0.2, -0.15) is 0 Å². The molecule has 1 aliphatic carbocycles. The van der Waals surface area contributed by atoms with E-state index in [9.17, 15) is 0 Å². The Morgan fingerprint density at radius 3 is 2.73 bits per heavy atom. The number of aliphatic hydroxyl groups excluding tert-OH is 1. The second-order valence-corrected chi connectivity index (χ2v) is 4.19. The van der Waals surface area contributed by atoms with Gasteiger partial charge >= 0.3 is 0 Å². The molecule has 0 radical (unpaired) electrons. The zero-order valence-electron chi connectivity index (χ0n) is 8.80. The summed E-state index contributed by atoms with van der Waals surface area (Å²) in [7, 11) is 0. The number of hydrogen-bond acceptors (Lipinski definition) is 5. The van der Waals surface area contributed by atoms with Gasteiger partial charge < -0.3 is 10.4 Å². The molecule has 0 bridgehead atoms. The average molecular weight is 208 g/mol. The largest absolute Gasteiger partial charge is 0.396 e. The Morgan fingerprint density at radius 2 is 2.13 bits per heavy atom. The third-order valence-corrected chi connectivity index (χ3v) is 3.11. The molecule has 1 aromatic heterocycles. The van der Waals surface area contributed by atoms with Gasteiger partial charge in [0.1, 0.15) is 12.7 Å². The van der Waals surface area contributed by atoms with Gasteiger partial charge in [-0.05, 0) is 24.7 Å². The molecule has 0 unspecified atom stereocenters. The van der Waals surface area contributed by atoms with Crippen LogP contribution in [0.2, 0.25) is 0 Å².